The van der Waals surface area contributed by atoms with E-state index in [1.54, 1.807) is 54.6 Å². The Morgan fingerprint density at radius 3 is 1.36 bits per heavy atom. The van der Waals surface area contributed by atoms with E-state index in [1.807, 2.05) is 42.5 Å². The van der Waals surface area contributed by atoms with Crippen LogP contribution in [0.15, 0.2) is 210 Å². The van der Waals surface area contributed by atoms with E-state index in [2.05, 4.69) is 112 Å². The summed E-state index contributed by atoms with van der Waals surface area (Å²) in [5.74, 6) is 1.41. The summed E-state index contributed by atoms with van der Waals surface area (Å²) >= 11 is 0. The molecule has 8 aromatic carbocycles. The van der Waals surface area contributed by atoms with Gasteiger partial charge in [0.1, 0.15) is 0 Å². The van der Waals surface area contributed by atoms with Gasteiger partial charge in [0.2, 0.25) is 15.8 Å². The van der Waals surface area contributed by atoms with Gasteiger partial charge in [0.15, 0.2) is 11.6 Å². The van der Waals surface area contributed by atoms with Gasteiger partial charge in [-0.25, -0.2) is 13.4 Å². The quantitative estimate of drug-likeness (QED) is 0.161. The van der Waals surface area contributed by atoms with Crippen LogP contribution in [0.25, 0.3) is 89.2 Å². The highest BCUT2D eigenvalue weighted by molar-refractivity contribution is 7.91. The number of nitrogens with zero attached hydrogens (tertiary/aromatic N) is 5. The van der Waals surface area contributed by atoms with Gasteiger partial charge in [-0.1, -0.05) is 115 Å². The van der Waals surface area contributed by atoms with Gasteiger partial charge in [-0.3, -0.25) is 4.57 Å². The number of fused-ring (bicyclic) bond motifs is 6. The summed E-state index contributed by atoms with van der Waals surface area (Å²) in [4.78, 5) is 15.5. The van der Waals surface area contributed by atoms with Crippen LogP contribution in [0.4, 0.5) is 0 Å². The highest BCUT2D eigenvalue weighted by Gasteiger charge is 2.21. The summed E-state index contributed by atoms with van der Waals surface area (Å²) in [7, 11) is -3.69. The van der Waals surface area contributed by atoms with Crippen LogP contribution < -0.4 is 0 Å². The first-order valence-electron chi connectivity index (χ1n) is 19.4. The highest BCUT2D eigenvalue weighted by Crippen LogP contribution is 2.38. The Morgan fingerprint density at radius 1 is 0.339 bits per heavy atom. The van der Waals surface area contributed by atoms with Gasteiger partial charge in [0.05, 0.1) is 31.9 Å². The third-order valence-electron chi connectivity index (χ3n) is 11.0. The van der Waals surface area contributed by atoms with Crippen LogP contribution in [0.5, 0.6) is 0 Å². The van der Waals surface area contributed by atoms with Crippen LogP contribution in [0.3, 0.4) is 0 Å². The van der Waals surface area contributed by atoms with Crippen LogP contribution in [-0.4, -0.2) is 32.5 Å². The summed E-state index contributed by atoms with van der Waals surface area (Å²) < 4.78 is 31.3. The molecule has 0 aliphatic rings. The van der Waals surface area contributed by atoms with Gasteiger partial charge in [-0.2, -0.15) is 9.97 Å². The van der Waals surface area contributed by atoms with E-state index in [-0.39, 0.29) is 9.79 Å². The lowest BCUT2D eigenvalue weighted by molar-refractivity contribution is 0.596. The minimum absolute atomic E-state index is 0.198. The van der Waals surface area contributed by atoms with E-state index in [0.717, 1.165) is 49.7 Å². The molecule has 0 aliphatic heterocycles. The topological polar surface area (TPSA) is 82.7 Å². The van der Waals surface area contributed by atoms with Crippen molar-refractivity contribution in [1.29, 1.82) is 0 Å². The van der Waals surface area contributed by atoms with Crippen molar-refractivity contribution in [2.75, 3.05) is 0 Å². The number of para-hydroxylation sites is 3. The van der Waals surface area contributed by atoms with E-state index in [0.29, 0.717) is 23.2 Å². The molecule has 59 heavy (non-hydrogen) atoms. The van der Waals surface area contributed by atoms with E-state index in [4.69, 9.17) is 15.0 Å². The van der Waals surface area contributed by atoms with Crippen molar-refractivity contribution in [2.24, 2.45) is 0 Å². The second-order valence-electron chi connectivity index (χ2n) is 14.5. The lowest BCUT2D eigenvalue weighted by atomic mass is 10.0. The summed E-state index contributed by atoms with van der Waals surface area (Å²) in [6.07, 6.45) is 0. The predicted octanol–water partition coefficient (Wildman–Crippen LogP) is 11.9. The molecule has 0 N–H and O–H groups in total. The third-order valence-corrected chi connectivity index (χ3v) is 12.8. The zero-order chi connectivity index (χ0) is 39.5. The van der Waals surface area contributed by atoms with Crippen LogP contribution in [-0.2, 0) is 9.84 Å². The average Bonchev–Trinajstić information content (AvgIpc) is 3.82. The molecule has 8 heteroatoms. The molecule has 3 heterocycles. The van der Waals surface area contributed by atoms with Gasteiger partial charge in [0, 0.05) is 38.4 Å². The van der Waals surface area contributed by atoms with Gasteiger partial charge in [-0.15, -0.1) is 0 Å². The van der Waals surface area contributed by atoms with Gasteiger partial charge >= 0.3 is 0 Å². The fraction of sp³-hybridized carbons (Fsp3) is 0. The maximum Gasteiger partial charge on any atom is 0.238 e. The van der Waals surface area contributed by atoms with Gasteiger partial charge < -0.3 is 4.57 Å². The number of hydrogen-bond donors (Lipinski definition) is 0. The van der Waals surface area contributed by atoms with Crippen LogP contribution in [0, 0.1) is 0 Å². The Bertz CT molecular complexity index is 3490. The molecule has 3 aromatic heterocycles. The highest BCUT2D eigenvalue weighted by atomic mass is 32.2. The zero-order valence-electron chi connectivity index (χ0n) is 31.5. The monoisotopic (exact) mass is 779 g/mol. The summed E-state index contributed by atoms with van der Waals surface area (Å²) in [5, 5.41) is 4.55. The molecule has 0 bridgehead atoms. The SMILES string of the molecule is O=S(=O)(c1ccccc1)c1ccc(-c2nc(-c3ccccc3)nc(-n3c4ccccc4c4cc(-c5ccc6c(c5)c5ccccc5n6-c5ccccc5)ccc43)n2)cc1. The van der Waals surface area contributed by atoms with Crippen molar-refractivity contribution in [3.8, 4) is 45.5 Å². The standard InChI is InChI=1S/C51H33N5O2S/c57-59(58,39-18-8-3-9-19-39)40-28-24-35(25-29-40)50-52-49(34-14-4-1-5-15-34)53-51(54-50)56-46-23-13-11-21-42(46)44-33-37(27-31-48(44)56)36-26-30-47-43(32-36)41-20-10-12-22-45(41)55(47)38-16-6-2-7-17-38/h1-33H. The minimum Gasteiger partial charge on any atom is -0.309 e. The molecule has 0 unspecified atom stereocenters. The van der Waals surface area contributed by atoms with Crippen LogP contribution in [0.2, 0.25) is 0 Å². The molecule has 7 nitrogen and oxygen atoms in total. The maximum absolute atomic E-state index is 13.4. The number of benzene rings is 8. The second kappa shape index (κ2) is 13.8. The Hall–Kier alpha value is -7.68. The number of hydrogen-bond acceptors (Lipinski definition) is 5. The smallest absolute Gasteiger partial charge is 0.238 e. The van der Waals surface area contributed by atoms with E-state index >= 15 is 0 Å². The maximum atomic E-state index is 13.4. The Kier molecular flexibility index (Phi) is 8.06. The van der Waals surface area contributed by atoms with Gasteiger partial charge in [-0.05, 0) is 96.1 Å². The van der Waals surface area contributed by atoms with Crippen molar-refractivity contribution >= 4 is 53.4 Å². The third kappa shape index (κ3) is 5.80. The zero-order valence-corrected chi connectivity index (χ0v) is 32.3. The lowest BCUT2D eigenvalue weighted by Gasteiger charge is -2.11. The molecular formula is C51H33N5O2S. The number of aromatic nitrogens is 5. The van der Waals surface area contributed by atoms with Crippen molar-refractivity contribution in [1.82, 2.24) is 24.1 Å². The van der Waals surface area contributed by atoms with Crippen molar-refractivity contribution < 1.29 is 8.42 Å². The molecule has 0 radical (unpaired) electrons. The molecule has 280 valence electrons. The molecular weight excluding hydrogens is 747 g/mol. The summed E-state index contributed by atoms with van der Waals surface area (Å²) in [6.45, 7) is 0. The Morgan fingerprint density at radius 2 is 0.763 bits per heavy atom. The van der Waals surface area contributed by atoms with Crippen LogP contribution >= 0.6 is 0 Å². The molecule has 0 aliphatic carbocycles. The average molecular weight is 780 g/mol. The lowest BCUT2D eigenvalue weighted by Crippen LogP contribution is -2.06. The fourth-order valence-corrected chi connectivity index (χ4v) is 9.49. The predicted molar refractivity (Wildman–Crippen MR) is 237 cm³/mol. The second-order valence-corrected chi connectivity index (χ2v) is 16.4. The Labute approximate surface area is 340 Å². The molecule has 11 rings (SSSR count). The fourth-order valence-electron chi connectivity index (χ4n) is 8.20. The first-order valence-corrected chi connectivity index (χ1v) is 20.8. The molecule has 0 saturated heterocycles. The Balaban J connectivity index is 1.06. The van der Waals surface area contributed by atoms with Crippen molar-refractivity contribution in [3.63, 3.8) is 0 Å². The minimum atomic E-state index is -3.69. The van der Waals surface area contributed by atoms with E-state index < -0.39 is 9.84 Å². The molecule has 0 atom stereocenters. The largest absolute Gasteiger partial charge is 0.309 e. The molecule has 11 aromatic rings. The van der Waals surface area contributed by atoms with Gasteiger partial charge in [0.25, 0.3) is 0 Å². The molecule has 0 amide bonds. The van der Waals surface area contributed by atoms with Crippen molar-refractivity contribution in [2.45, 2.75) is 9.79 Å². The van der Waals surface area contributed by atoms with Crippen molar-refractivity contribution in [3.05, 3.63) is 200 Å². The van der Waals surface area contributed by atoms with E-state index in [9.17, 15) is 8.42 Å². The molecule has 0 saturated carbocycles. The first kappa shape index (κ1) is 34.6. The first-order chi connectivity index (χ1) is 29.0. The number of sulfone groups is 1. The van der Waals surface area contributed by atoms with Crippen LogP contribution in [0.1, 0.15) is 0 Å². The number of rotatable bonds is 7. The normalized spacial score (nSPS) is 11.9. The summed E-state index contributed by atoms with van der Waals surface area (Å²) in [6, 6.07) is 65.8. The van der Waals surface area contributed by atoms with E-state index in [1.165, 1.54) is 16.3 Å². The summed E-state index contributed by atoms with van der Waals surface area (Å²) in [5.41, 5.74) is 9.11. The molecule has 0 fully saturated rings. The molecule has 0 spiro atoms.